The van der Waals surface area contributed by atoms with Gasteiger partial charge in [0.05, 0.1) is 11.8 Å². The summed E-state index contributed by atoms with van der Waals surface area (Å²) < 4.78 is 2.10. The fraction of sp³-hybridized carbons (Fsp3) is 0.821. The van der Waals surface area contributed by atoms with Gasteiger partial charge in [-0.15, -0.1) is 0 Å². The molecule has 1 spiro atoms. The molecule has 0 radical (unpaired) electrons. The molecular weight excluding hydrogens is 454 g/mol. The average molecular weight is 502 g/mol. The molecule has 8 nitrogen and oxygen atoms in total. The molecule has 202 valence electrons. The highest BCUT2D eigenvalue weighted by molar-refractivity contribution is 6.00. The molecule has 2 saturated heterocycles. The minimum Gasteiger partial charge on any atom is -0.390 e. The molecule has 3 fully saturated rings. The lowest BCUT2D eigenvalue weighted by Crippen LogP contribution is -2.75. The Morgan fingerprint density at radius 3 is 2.39 bits per heavy atom. The summed E-state index contributed by atoms with van der Waals surface area (Å²) in [6, 6.07) is -0.809. The first-order valence-electron chi connectivity index (χ1n) is 14.4. The minimum atomic E-state index is -0.809. The molecule has 1 saturated carbocycles. The van der Waals surface area contributed by atoms with E-state index in [4.69, 9.17) is 5.10 Å². The normalized spacial score (nSPS) is 24.4. The van der Waals surface area contributed by atoms with E-state index in [-0.39, 0.29) is 17.7 Å². The van der Waals surface area contributed by atoms with E-state index in [2.05, 4.69) is 42.6 Å². The maximum absolute atomic E-state index is 13.8. The van der Waals surface area contributed by atoms with E-state index < -0.39 is 17.7 Å². The van der Waals surface area contributed by atoms with Crippen molar-refractivity contribution < 1.29 is 14.7 Å². The molecule has 2 amide bonds. The third kappa shape index (κ3) is 5.21. The van der Waals surface area contributed by atoms with Crippen molar-refractivity contribution in [1.29, 1.82) is 0 Å². The van der Waals surface area contributed by atoms with Crippen molar-refractivity contribution in [3.8, 4) is 0 Å². The maximum Gasteiger partial charge on any atom is 0.248 e. The van der Waals surface area contributed by atoms with Crippen LogP contribution in [0.2, 0.25) is 0 Å². The Hall–Kier alpha value is -1.93. The van der Waals surface area contributed by atoms with Gasteiger partial charge in [0.2, 0.25) is 11.8 Å². The Bertz CT molecular complexity index is 915. The quantitative estimate of drug-likeness (QED) is 0.542. The number of aliphatic hydroxyl groups excluding tert-OH is 1. The smallest absolute Gasteiger partial charge is 0.248 e. The first-order valence-corrected chi connectivity index (χ1v) is 14.4. The van der Waals surface area contributed by atoms with Gasteiger partial charge in [-0.25, -0.2) is 0 Å². The number of carbonyl (C=O) groups is 2. The molecule has 1 aliphatic carbocycles. The third-order valence-electron chi connectivity index (χ3n) is 9.00. The SMILES string of the molecule is CCCCN1C(=O)[C@@H]([C@H](O)C2CCCCC2)NC(=O)C12CCN(Cc1c(C)nn(CCC)c1C)CC2. The molecular formula is C28H47N5O3. The van der Waals surface area contributed by atoms with Gasteiger partial charge in [0.15, 0.2) is 0 Å². The van der Waals surface area contributed by atoms with Gasteiger partial charge in [0.1, 0.15) is 11.6 Å². The van der Waals surface area contributed by atoms with Crippen LogP contribution in [0.1, 0.15) is 95.0 Å². The number of aliphatic hydroxyl groups is 1. The minimum absolute atomic E-state index is 0.0687. The highest BCUT2D eigenvalue weighted by Crippen LogP contribution is 2.36. The lowest BCUT2D eigenvalue weighted by molar-refractivity contribution is -0.166. The zero-order chi connectivity index (χ0) is 25.9. The summed E-state index contributed by atoms with van der Waals surface area (Å²) in [7, 11) is 0. The summed E-state index contributed by atoms with van der Waals surface area (Å²) in [5.41, 5.74) is 2.78. The number of hydrogen-bond acceptors (Lipinski definition) is 5. The number of hydrogen-bond donors (Lipinski definition) is 2. The molecule has 8 heteroatoms. The summed E-state index contributed by atoms with van der Waals surface area (Å²) in [5, 5.41) is 18.9. The van der Waals surface area contributed by atoms with Crippen LogP contribution in [0.25, 0.3) is 0 Å². The van der Waals surface area contributed by atoms with E-state index in [0.717, 1.165) is 76.8 Å². The van der Waals surface area contributed by atoms with Gasteiger partial charge in [-0.05, 0) is 58.3 Å². The number of likely N-dealkylation sites (tertiary alicyclic amines) is 1. The molecule has 36 heavy (non-hydrogen) atoms. The zero-order valence-electron chi connectivity index (χ0n) is 22.9. The van der Waals surface area contributed by atoms with Crippen LogP contribution in [0.15, 0.2) is 0 Å². The first-order chi connectivity index (χ1) is 17.3. The summed E-state index contributed by atoms with van der Waals surface area (Å²) in [5.74, 6) is -0.0556. The second-order valence-electron chi connectivity index (χ2n) is 11.4. The molecule has 2 aliphatic heterocycles. The second kappa shape index (κ2) is 11.6. The van der Waals surface area contributed by atoms with Crippen molar-refractivity contribution >= 4 is 11.8 Å². The number of aromatic nitrogens is 2. The van der Waals surface area contributed by atoms with Gasteiger partial charge in [0.25, 0.3) is 0 Å². The van der Waals surface area contributed by atoms with E-state index in [1.54, 1.807) is 0 Å². The summed E-state index contributed by atoms with van der Waals surface area (Å²) in [6.07, 6.45) is 8.58. The van der Waals surface area contributed by atoms with Gasteiger partial charge >= 0.3 is 0 Å². The molecule has 3 heterocycles. The summed E-state index contributed by atoms with van der Waals surface area (Å²) in [4.78, 5) is 31.7. The van der Waals surface area contributed by atoms with E-state index in [9.17, 15) is 14.7 Å². The van der Waals surface area contributed by atoms with Crippen LogP contribution in [0, 0.1) is 19.8 Å². The number of carbonyl (C=O) groups excluding carboxylic acids is 2. The van der Waals surface area contributed by atoms with Gasteiger partial charge < -0.3 is 15.3 Å². The Morgan fingerprint density at radius 2 is 1.75 bits per heavy atom. The maximum atomic E-state index is 13.8. The Kier molecular flexibility index (Phi) is 8.76. The lowest BCUT2D eigenvalue weighted by Gasteiger charge is -2.52. The topological polar surface area (TPSA) is 90.7 Å². The van der Waals surface area contributed by atoms with Crippen LogP contribution in [0.3, 0.4) is 0 Å². The van der Waals surface area contributed by atoms with Gasteiger partial charge in [-0.2, -0.15) is 5.10 Å². The molecule has 0 aromatic carbocycles. The van der Waals surface area contributed by atoms with Gasteiger partial charge in [-0.1, -0.05) is 39.5 Å². The van der Waals surface area contributed by atoms with Gasteiger partial charge in [0, 0.05) is 44.0 Å². The average Bonchev–Trinajstić information content (AvgIpc) is 3.15. The van der Waals surface area contributed by atoms with E-state index in [1.165, 1.54) is 17.7 Å². The lowest BCUT2D eigenvalue weighted by atomic mass is 9.78. The van der Waals surface area contributed by atoms with E-state index in [1.807, 2.05) is 4.90 Å². The largest absolute Gasteiger partial charge is 0.390 e. The van der Waals surface area contributed by atoms with E-state index >= 15 is 0 Å². The highest BCUT2D eigenvalue weighted by Gasteiger charge is 2.55. The molecule has 2 atom stereocenters. The first kappa shape index (κ1) is 27.1. The second-order valence-corrected chi connectivity index (χ2v) is 11.4. The molecule has 1 aromatic heterocycles. The van der Waals surface area contributed by atoms with Crippen LogP contribution >= 0.6 is 0 Å². The van der Waals surface area contributed by atoms with Crippen LogP contribution in [-0.2, 0) is 22.7 Å². The Labute approximate surface area is 216 Å². The van der Waals surface area contributed by atoms with Crippen molar-refractivity contribution in [2.24, 2.45) is 5.92 Å². The van der Waals surface area contributed by atoms with Crippen LogP contribution in [0.4, 0.5) is 0 Å². The molecule has 4 rings (SSSR count). The Morgan fingerprint density at radius 1 is 1.06 bits per heavy atom. The third-order valence-corrected chi connectivity index (χ3v) is 9.00. The molecule has 2 N–H and O–H groups in total. The fourth-order valence-electron chi connectivity index (χ4n) is 6.65. The number of piperidine rings is 1. The van der Waals surface area contributed by atoms with Gasteiger partial charge in [-0.3, -0.25) is 19.2 Å². The number of nitrogens with one attached hydrogen (secondary N) is 1. The number of unbranched alkanes of at least 4 members (excludes halogenated alkanes) is 1. The van der Waals surface area contributed by atoms with E-state index in [0.29, 0.717) is 19.4 Å². The summed E-state index contributed by atoms with van der Waals surface area (Å²) >= 11 is 0. The monoisotopic (exact) mass is 501 g/mol. The van der Waals surface area contributed by atoms with Crippen molar-refractivity contribution in [1.82, 2.24) is 24.9 Å². The predicted molar refractivity (Wildman–Crippen MR) is 140 cm³/mol. The molecule has 0 unspecified atom stereocenters. The van der Waals surface area contributed by atoms with Crippen LogP contribution < -0.4 is 5.32 Å². The standard InChI is InChI=1S/C28H47N5O3/c1-5-7-16-32-26(35)24(25(34)22-11-9-8-10-12-22)29-27(36)28(32)13-17-31(18-14-28)19-23-20(3)30-33(15-6-2)21(23)4/h22,24-25,34H,5-19H2,1-4H3,(H,29,36)/t24-,25-/m1/s1. The Balaban J connectivity index is 1.48. The van der Waals surface area contributed by atoms with Crippen LogP contribution in [0.5, 0.6) is 0 Å². The summed E-state index contributed by atoms with van der Waals surface area (Å²) in [6.45, 7) is 12.4. The number of rotatable bonds is 9. The van der Waals surface area contributed by atoms with Crippen molar-refractivity contribution in [3.63, 3.8) is 0 Å². The molecule has 0 bridgehead atoms. The predicted octanol–water partition coefficient (Wildman–Crippen LogP) is 3.31. The number of aryl methyl sites for hydroxylation is 2. The van der Waals surface area contributed by atoms with Crippen LogP contribution in [-0.4, -0.2) is 73.8 Å². The number of piperazine rings is 1. The zero-order valence-corrected chi connectivity index (χ0v) is 22.9. The van der Waals surface area contributed by atoms with Crippen molar-refractivity contribution in [2.75, 3.05) is 19.6 Å². The highest BCUT2D eigenvalue weighted by atomic mass is 16.3. The number of amides is 2. The van der Waals surface area contributed by atoms with Crippen molar-refractivity contribution in [2.45, 2.75) is 123 Å². The van der Waals surface area contributed by atoms with Crippen molar-refractivity contribution in [3.05, 3.63) is 17.0 Å². The molecule has 1 aromatic rings. The number of nitrogens with zero attached hydrogens (tertiary/aromatic N) is 4. The molecule has 3 aliphatic rings. The fourth-order valence-corrected chi connectivity index (χ4v) is 6.65.